The molecule has 0 unspecified atom stereocenters. The first-order chi connectivity index (χ1) is 8.17. The van der Waals surface area contributed by atoms with E-state index in [-0.39, 0.29) is 5.91 Å². The van der Waals surface area contributed by atoms with E-state index in [1.165, 1.54) is 0 Å². The molecule has 1 heterocycles. The predicted octanol–water partition coefficient (Wildman–Crippen LogP) is 0.442. The fraction of sp³-hybridized carbons (Fsp3) is 0.455. The van der Waals surface area contributed by atoms with E-state index < -0.39 is 0 Å². The summed E-state index contributed by atoms with van der Waals surface area (Å²) in [5.41, 5.74) is 3.69. The largest absolute Gasteiger partial charge is 0.380 e. The van der Waals surface area contributed by atoms with Crippen LogP contribution in [-0.4, -0.2) is 30.6 Å². The third kappa shape index (κ3) is 4.38. The summed E-state index contributed by atoms with van der Waals surface area (Å²) in [6.45, 7) is 5.35. The number of anilines is 1. The standard InChI is InChI=1S/C11H18N4O2/c1-3-17-5-4-13-11(16)9-6-8(2)14-10(7-9)15-12/h6-7H,3-5,12H2,1-2H3,(H,13,16)(H,14,15). The molecule has 0 spiro atoms. The Hall–Kier alpha value is -1.66. The highest BCUT2D eigenvalue weighted by atomic mass is 16.5. The van der Waals surface area contributed by atoms with E-state index in [0.717, 1.165) is 5.69 Å². The zero-order chi connectivity index (χ0) is 12.7. The van der Waals surface area contributed by atoms with Crippen LogP contribution in [0, 0.1) is 6.92 Å². The van der Waals surface area contributed by atoms with E-state index in [1.807, 2.05) is 6.92 Å². The lowest BCUT2D eigenvalue weighted by atomic mass is 10.2. The van der Waals surface area contributed by atoms with Gasteiger partial charge in [-0.05, 0) is 26.0 Å². The van der Waals surface area contributed by atoms with Gasteiger partial charge in [0.2, 0.25) is 0 Å². The molecule has 0 aromatic carbocycles. The van der Waals surface area contributed by atoms with E-state index >= 15 is 0 Å². The van der Waals surface area contributed by atoms with E-state index in [9.17, 15) is 4.79 Å². The van der Waals surface area contributed by atoms with Crippen molar-refractivity contribution < 1.29 is 9.53 Å². The molecule has 1 amide bonds. The minimum Gasteiger partial charge on any atom is -0.380 e. The molecule has 0 aliphatic carbocycles. The minimum atomic E-state index is -0.160. The van der Waals surface area contributed by atoms with E-state index in [1.54, 1.807) is 19.1 Å². The van der Waals surface area contributed by atoms with Gasteiger partial charge in [-0.15, -0.1) is 0 Å². The molecule has 6 nitrogen and oxygen atoms in total. The topological polar surface area (TPSA) is 89.3 Å². The maximum atomic E-state index is 11.8. The van der Waals surface area contributed by atoms with Crippen LogP contribution in [0.25, 0.3) is 0 Å². The Balaban J connectivity index is 2.59. The van der Waals surface area contributed by atoms with Crippen LogP contribution in [0.15, 0.2) is 12.1 Å². The van der Waals surface area contributed by atoms with Crippen molar-refractivity contribution in [1.29, 1.82) is 0 Å². The third-order valence-corrected chi connectivity index (χ3v) is 2.10. The zero-order valence-corrected chi connectivity index (χ0v) is 10.1. The number of amides is 1. The Morgan fingerprint density at radius 3 is 2.94 bits per heavy atom. The van der Waals surface area contributed by atoms with Gasteiger partial charge in [0.15, 0.2) is 0 Å². The zero-order valence-electron chi connectivity index (χ0n) is 10.1. The van der Waals surface area contributed by atoms with Crippen molar-refractivity contribution in [2.75, 3.05) is 25.2 Å². The van der Waals surface area contributed by atoms with Gasteiger partial charge in [0.25, 0.3) is 5.91 Å². The summed E-state index contributed by atoms with van der Waals surface area (Å²) in [4.78, 5) is 15.9. The molecule has 17 heavy (non-hydrogen) atoms. The number of nitrogens with zero attached hydrogens (tertiary/aromatic N) is 1. The summed E-state index contributed by atoms with van der Waals surface area (Å²) in [6.07, 6.45) is 0. The number of pyridine rings is 1. The third-order valence-electron chi connectivity index (χ3n) is 2.10. The molecule has 1 aromatic rings. The molecule has 0 fully saturated rings. The number of carbonyl (C=O) groups excluding carboxylic acids is 1. The fourth-order valence-electron chi connectivity index (χ4n) is 1.36. The van der Waals surface area contributed by atoms with Crippen molar-refractivity contribution in [3.8, 4) is 0 Å². The van der Waals surface area contributed by atoms with Crippen LogP contribution in [0.3, 0.4) is 0 Å². The molecule has 0 saturated heterocycles. The Bertz CT molecular complexity index is 382. The highest BCUT2D eigenvalue weighted by Gasteiger charge is 2.07. The molecule has 1 aromatic heterocycles. The summed E-state index contributed by atoms with van der Waals surface area (Å²) in [5.74, 6) is 5.57. The number of ether oxygens (including phenoxy) is 1. The Morgan fingerprint density at radius 1 is 1.53 bits per heavy atom. The van der Waals surface area contributed by atoms with Crippen LogP contribution < -0.4 is 16.6 Å². The predicted molar refractivity (Wildman–Crippen MR) is 65.6 cm³/mol. The monoisotopic (exact) mass is 238 g/mol. The van der Waals surface area contributed by atoms with Gasteiger partial charge in [0, 0.05) is 24.4 Å². The number of aryl methyl sites for hydroxylation is 1. The molecule has 0 radical (unpaired) electrons. The average Bonchev–Trinajstić information content (AvgIpc) is 2.33. The van der Waals surface area contributed by atoms with Gasteiger partial charge in [0.05, 0.1) is 6.61 Å². The molecule has 1 rings (SSSR count). The lowest BCUT2D eigenvalue weighted by Crippen LogP contribution is -2.27. The van der Waals surface area contributed by atoms with Gasteiger partial charge in [-0.2, -0.15) is 0 Å². The first-order valence-corrected chi connectivity index (χ1v) is 5.48. The van der Waals surface area contributed by atoms with Crippen molar-refractivity contribution in [3.63, 3.8) is 0 Å². The number of carbonyl (C=O) groups is 1. The number of hydrogen-bond acceptors (Lipinski definition) is 5. The molecule has 0 aliphatic rings. The SMILES string of the molecule is CCOCCNC(=O)c1cc(C)nc(NN)c1. The number of hydrogen-bond donors (Lipinski definition) is 3. The normalized spacial score (nSPS) is 10.1. The second kappa shape index (κ2) is 6.82. The molecule has 0 bridgehead atoms. The minimum absolute atomic E-state index is 0.160. The smallest absolute Gasteiger partial charge is 0.251 e. The molecule has 0 atom stereocenters. The van der Waals surface area contributed by atoms with Gasteiger partial charge >= 0.3 is 0 Å². The first-order valence-electron chi connectivity index (χ1n) is 5.48. The molecular formula is C11H18N4O2. The first kappa shape index (κ1) is 13.4. The van der Waals surface area contributed by atoms with Gasteiger partial charge in [-0.3, -0.25) is 4.79 Å². The molecule has 0 aliphatic heterocycles. The van der Waals surface area contributed by atoms with Crippen LogP contribution >= 0.6 is 0 Å². The summed E-state index contributed by atoms with van der Waals surface area (Å²) in [6, 6.07) is 3.31. The second-order valence-electron chi connectivity index (χ2n) is 3.48. The maximum Gasteiger partial charge on any atom is 0.251 e. The molecular weight excluding hydrogens is 220 g/mol. The lowest BCUT2D eigenvalue weighted by Gasteiger charge is -2.07. The van der Waals surface area contributed by atoms with Crippen LogP contribution in [-0.2, 0) is 4.74 Å². The average molecular weight is 238 g/mol. The summed E-state index contributed by atoms with van der Waals surface area (Å²) in [5, 5.41) is 2.75. The van der Waals surface area contributed by atoms with Gasteiger partial charge in [0.1, 0.15) is 5.82 Å². The van der Waals surface area contributed by atoms with Crippen molar-refractivity contribution in [1.82, 2.24) is 10.3 Å². The number of hydrazine groups is 1. The van der Waals surface area contributed by atoms with Crippen molar-refractivity contribution >= 4 is 11.7 Å². The number of aromatic nitrogens is 1. The van der Waals surface area contributed by atoms with Crippen LogP contribution in [0.1, 0.15) is 23.0 Å². The van der Waals surface area contributed by atoms with Crippen molar-refractivity contribution in [3.05, 3.63) is 23.4 Å². The van der Waals surface area contributed by atoms with E-state index in [2.05, 4.69) is 15.7 Å². The number of nitrogens with one attached hydrogen (secondary N) is 2. The Morgan fingerprint density at radius 2 is 2.29 bits per heavy atom. The van der Waals surface area contributed by atoms with E-state index in [0.29, 0.717) is 31.1 Å². The maximum absolute atomic E-state index is 11.8. The lowest BCUT2D eigenvalue weighted by molar-refractivity contribution is 0.0922. The van der Waals surface area contributed by atoms with Crippen LogP contribution in [0.2, 0.25) is 0 Å². The van der Waals surface area contributed by atoms with Gasteiger partial charge in [-0.1, -0.05) is 0 Å². The van der Waals surface area contributed by atoms with Crippen molar-refractivity contribution in [2.24, 2.45) is 5.84 Å². The van der Waals surface area contributed by atoms with Crippen LogP contribution in [0.5, 0.6) is 0 Å². The number of rotatable bonds is 6. The summed E-state index contributed by atoms with van der Waals surface area (Å²) >= 11 is 0. The summed E-state index contributed by atoms with van der Waals surface area (Å²) in [7, 11) is 0. The Kier molecular flexibility index (Phi) is 5.38. The molecule has 4 N–H and O–H groups in total. The fourth-order valence-corrected chi connectivity index (χ4v) is 1.36. The van der Waals surface area contributed by atoms with Gasteiger partial charge in [-0.25, -0.2) is 10.8 Å². The van der Waals surface area contributed by atoms with Crippen molar-refractivity contribution in [2.45, 2.75) is 13.8 Å². The molecule has 94 valence electrons. The molecule has 0 saturated carbocycles. The quantitative estimate of drug-likeness (QED) is 0.380. The second-order valence-corrected chi connectivity index (χ2v) is 3.48. The van der Waals surface area contributed by atoms with Crippen LogP contribution in [0.4, 0.5) is 5.82 Å². The molecule has 6 heteroatoms. The highest BCUT2D eigenvalue weighted by Crippen LogP contribution is 2.08. The number of nitrogen functional groups attached to an aromatic ring is 1. The number of nitrogens with two attached hydrogens (primary N) is 1. The highest BCUT2D eigenvalue weighted by molar-refractivity contribution is 5.94. The van der Waals surface area contributed by atoms with Gasteiger partial charge < -0.3 is 15.5 Å². The summed E-state index contributed by atoms with van der Waals surface area (Å²) < 4.78 is 5.13. The van der Waals surface area contributed by atoms with E-state index in [4.69, 9.17) is 10.6 Å². The Labute approximate surface area is 101 Å².